The molecule has 0 bridgehead atoms. The zero-order valence-electron chi connectivity index (χ0n) is 16.5. The summed E-state index contributed by atoms with van der Waals surface area (Å²) in [6, 6.07) is -1.37. The van der Waals surface area contributed by atoms with Gasteiger partial charge in [-0.05, 0) is 25.0 Å². The van der Waals surface area contributed by atoms with Crippen molar-refractivity contribution in [3.05, 3.63) is 37.5 Å². The predicted octanol–water partition coefficient (Wildman–Crippen LogP) is -1.59. The van der Waals surface area contributed by atoms with E-state index in [2.05, 4.69) is 28.6 Å². The van der Waals surface area contributed by atoms with Crippen molar-refractivity contribution >= 4 is 17.9 Å². The normalized spacial score (nSPS) is 21.7. The quantitative estimate of drug-likeness (QED) is 0.210. The number of nitrogens with one attached hydrogen (secondary N) is 1. The number of hydrogen-bond acceptors (Lipinski definition) is 10. The minimum absolute atomic E-state index is 0.0713. The second-order valence-electron chi connectivity index (χ2n) is 7.21. The first-order valence-electron chi connectivity index (χ1n) is 9.37. The van der Waals surface area contributed by atoms with Crippen molar-refractivity contribution in [2.45, 2.75) is 36.5 Å². The highest BCUT2D eigenvalue weighted by molar-refractivity contribution is 5.98. The fraction of sp³-hybridized carbons (Fsp3) is 0.500. The first-order valence-corrected chi connectivity index (χ1v) is 9.37. The molecule has 3 rings (SSSR count). The summed E-state index contributed by atoms with van der Waals surface area (Å²) in [5.74, 6) is -3.44. The molecule has 13 heteroatoms. The minimum atomic E-state index is -2.07. The molecule has 2 atom stereocenters. The van der Waals surface area contributed by atoms with Crippen LogP contribution in [0, 0.1) is 0 Å². The highest BCUT2D eigenvalue weighted by Crippen LogP contribution is 2.39. The molecule has 0 aliphatic carbocycles. The third kappa shape index (κ3) is 4.15. The van der Waals surface area contributed by atoms with Crippen LogP contribution in [0.25, 0.3) is 0 Å². The Labute approximate surface area is 176 Å². The van der Waals surface area contributed by atoms with Gasteiger partial charge in [0.2, 0.25) is 5.91 Å². The molecule has 0 radical (unpaired) electrons. The summed E-state index contributed by atoms with van der Waals surface area (Å²) in [6.45, 7) is 6.69. The third-order valence-corrected chi connectivity index (χ3v) is 5.28. The third-order valence-electron chi connectivity index (χ3n) is 5.28. The molecule has 1 aromatic rings. The first kappa shape index (κ1) is 22.4. The van der Waals surface area contributed by atoms with Crippen LogP contribution < -0.4 is 5.32 Å². The lowest BCUT2D eigenvalue weighted by Crippen LogP contribution is -2.73. The van der Waals surface area contributed by atoms with Gasteiger partial charge >= 0.3 is 6.09 Å². The van der Waals surface area contributed by atoms with Crippen molar-refractivity contribution in [3.8, 4) is 0 Å². The van der Waals surface area contributed by atoms with Crippen molar-refractivity contribution in [3.63, 3.8) is 0 Å². The van der Waals surface area contributed by atoms with Crippen LogP contribution in [0.2, 0.25) is 0 Å². The van der Waals surface area contributed by atoms with E-state index in [0.717, 1.165) is 18.5 Å². The molecule has 2 saturated heterocycles. The molecule has 2 unspecified atom stereocenters. The smallest absolute Gasteiger partial charge is 0.409 e. The maximum absolute atomic E-state index is 12.8. The van der Waals surface area contributed by atoms with E-state index in [1.54, 1.807) is 0 Å². The highest BCUT2D eigenvalue weighted by atomic mass is 16.7. The fourth-order valence-electron chi connectivity index (χ4n) is 3.65. The zero-order valence-corrected chi connectivity index (χ0v) is 16.5. The molecule has 0 aromatic carbocycles. The van der Waals surface area contributed by atoms with Crippen molar-refractivity contribution < 1.29 is 39.0 Å². The number of ether oxygens (including phenoxy) is 1. The number of amides is 3. The van der Waals surface area contributed by atoms with Gasteiger partial charge in [0.25, 0.3) is 17.6 Å². The van der Waals surface area contributed by atoms with Gasteiger partial charge in [-0.1, -0.05) is 18.3 Å². The summed E-state index contributed by atoms with van der Waals surface area (Å²) in [7, 11) is 0. The number of nitrogens with zero attached hydrogens (tertiary/aromatic N) is 4. The van der Waals surface area contributed by atoms with Gasteiger partial charge in [0.1, 0.15) is 5.54 Å². The Morgan fingerprint density at radius 2 is 2.13 bits per heavy atom. The number of likely N-dealkylation sites (tertiary alicyclic amines) is 2. The molecule has 1 spiro atoms. The topological polar surface area (TPSA) is 179 Å². The zero-order chi connectivity index (χ0) is 22.8. The lowest BCUT2D eigenvalue weighted by atomic mass is 9.85. The van der Waals surface area contributed by atoms with E-state index >= 15 is 0 Å². The molecule has 3 amide bonds. The number of rotatable bonds is 8. The van der Waals surface area contributed by atoms with E-state index in [0.29, 0.717) is 12.8 Å². The molecule has 2 aliphatic rings. The van der Waals surface area contributed by atoms with E-state index < -0.39 is 41.6 Å². The maximum atomic E-state index is 12.8. The van der Waals surface area contributed by atoms with Crippen molar-refractivity contribution in [1.29, 1.82) is 0 Å². The monoisotopic (exact) mass is 437 g/mol. The molecule has 13 nitrogen and oxygen atoms in total. The second kappa shape index (κ2) is 8.45. The van der Waals surface area contributed by atoms with Crippen LogP contribution in [0.4, 0.5) is 4.79 Å². The van der Waals surface area contributed by atoms with Gasteiger partial charge in [-0.15, -0.1) is 0 Å². The van der Waals surface area contributed by atoms with Gasteiger partial charge < -0.3 is 34.8 Å². The van der Waals surface area contributed by atoms with Crippen molar-refractivity contribution in [2.24, 2.45) is 0 Å². The molecule has 2 fully saturated rings. The summed E-state index contributed by atoms with van der Waals surface area (Å²) in [5, 5.41) is 34.6. The Morgan fingerprint density at radius 1 is 1.42 bits per heavy atom. The minimum Gasteiger partial charge on any atom is -0.409 e. The van der Waals surface area contributed by atoms with Gasteiger partial charge in [-0.3, -0.25) is 14.5 Å². The number of hydrogen-bond donors (Lipinski definition) is 4. The predicted molar refractivity (Wildman–Crippen MR) is 100 cm³/mol. The largest absolute Gasteiger partial charge is 0.413 e. The number of carbonyl (C=O) groups is 3. The van der Waals surface area contributed by atoms with Crippen LogP contribution in [0.15, 0.2) is 36.2 Å². The van der Waals surface area contributed by atoms with Crippen LogP contribution >= 0.6 is 0 Å². The van der Waals surface area contributed by atoms with Crippen molar-refractivity contribution in [2.75, 3.05) is 19.6 Å². The maximum Gasteiger partial charge on any atom is 0.413 e. The highest BCUT2D eigenvalue weighted by Gasteiger charge is 2.60. The van der Waals surface area contributed by atoms with E-state index in [-0.39, 0.29) is 25.5 Å². The Kier molecular flexibility index (Phi) is 6.10. The summed E-state index contributed by atoms with van der Waals surface area (Å²) in [6.07, 6.45) is 1.03. The van der Waals surface area contributed by atoms with Crippen LogP contribution in [0.5, 0.6) is 0 Å². The first-order chi connectivity index (χ1) is 14.7. The Bertz CT molecular complexity index is 864. The SMILES string of the molecule is C=CC(O)(C=C)OC(=O)N1CCCC12CN(CC(=O)NC(c1ncno1)C(O)O)C2=O. The molecule has 168 valence electrons. The van der Waals surface area contributed by atoms with Crippen LogP contribution in [-0.2, 0) is 14.3 Å². The summed E-state index contributed by atoms with van der Waals surface area (Å²) < 4.78 is 9.74. The standard InChI is InChI=1S/C18H23N5O8/c1-3-18(29,4-2)30-16(28)23-7-5-6-17(23)9-22(15(17)27)8-11(24)21-12(14(25)26)13-19-10-20-31-13/h3-4,10,12,14,25-26,29H,1-2,5-9H2,(H,21,24). The van der Waals surface area contributed by atoms with Gasteiger partial charge in [0.15, 0.2) is 18.7 Å². The Balaban J connectivity index is 1.62. The number of carbonyl (C=O) groups excluding carboxylic acids is 3. The van der Waals surface area contributed by atoms with Gasteiger partial charge in [-0.25, -0.2) is 4.79 Å². The van der Waals surface area contributed by atoms with E-state index in [1.165, 1.54) is 9.80 Å². The molecule has 0 saturated carbocycles. The van der Waals surface area contributed by atoms with Crippen LogP contribution in [0.1, 0.15) is 24.8 Å². The van der Waals surface area contributed by atoms with E-state index in [1.807, 2.05) is 0 Å². The summed E-state index contributed by atoms with van der Waals surface area (Å²) >= 11 is 0. The molecular formula is C18H23N5O8. The van der Waals surface area contributed by atoms with Crippen LogP contribution in [0.3, 0.4) is 0 Å². The lowest BCUT2D eigenvalue weighted by molar-refractivity contribution is -0.165. The fourth-order valence-corrected chi connectivity index (χ4v) is 3.65. The Hall–Kier alpha value is -3.29. The summed E-state index contributed by atoms with van der Waals surface area (Å²) in [5.41, 5.74) is -1.16. The average molecular weight is 437 g/mol. The van der Waals surface area contributed by atoms with Gasteiger partial charge in [0.05, 0.1) is 13.1 Å². The molecule has 4 N–H and O–H groups in total. The number of aliphatic hydroxyl groups is 3. The average Bonchev–Trinajstić information content (AvgIpc) is 3.42. The van der Waals surface area contributed by atoms with E-state index in [9.17, 15) is 29.7 Å². The number of aliphatic hydroxyl groups excluding tert-OH is 1. The molecular weight excluding hydrogens is 414 g/mol. The lowest BCUT2D eigenvalue weighted by Gasteiger charge is -2.50. The van der Waals surface area contributed by atoms with Crippen molar-refractivity contribution in [1.82, 2.24) is 25.3 Å². The summed E-state index contributed by atoms with van der Waals surface area (Å²) in [4.78, 5) is 43.8. The van der Waals surface area contributed by atoms with Gasteiger partial charge in [0, 0.05) is 6.54 Å². The molecule has 1 aromatic heterocycles. The van der Waals surface area contributed by atoms with Crippen LogP contribution in [-0.4, -0.2) is 90.4 Å². The second-order valence-corrected chi connectivity index (χ2v) is 7.21. The number of aromatic nitrogens is 2. The Morgan fingerprint density at radius 3 is 2.68 bits per heavy atom. The number of β-lactam (4-membered cyclic amide) rings is 1. The molecule has 3 heterocycles. The molecule has 2 aliphatic heterocycles. The molecule has 31 heavy (non-hydrogen) atoms. The van der Waals surface area contributed by atoms with Gasteiger partial charge in [-0.2, -0.15) is 4.98 Å². The van der Waals surface area contributed by atoms with E-state index in [4.69, 9.17) is 9.26 Å².